The number of hydrogen-bond acceptors (Lipinski definition) is 3. The fourth-order valence-electron chi connectivity index (χ4n) is 3.41. The number of halogens is 2. The lowest BCUT2D eigenvalue weighted by Gasteiger charge is -2.19. The summed E-state index contributed by atoms with van der Waals surface area (Å²) in [6.45, 7) is 5.99. The molecule has 0 atom stereocenters. The summed E-state index contributed by atoms with van der Waals surface area (Å²) < 4.78 is 40.5. The van der Waals surface area contributed by atoms with E-state index < -0.39 is 10.0 Å². The van der Waals surface area contributed by atoms with Crippen LogP contribution in [0.4, 0.5) is 10.1 Å². The number of aryl methyl sites for hydroxylation is 1. The van der Waals surface area contributed by atoms with Gasteiger partial charge in [0.05, 0.1) is 22.0 Å². The zero-order valence-corrected chi connectivity index (χ0v) is 18.5. The number of aromatic nitrogens is 1. The lowest BCUT2D eigenvalue weighted by Crippen LogP contribution is -2.30. The number of carbonyl (C=O) groups excluding carboxylic acids is 1. The van der Waals surface area contributed by atoms with E-state index in [0.717, 1.165) is 11.2 Å². The molecule has 1 amide bonds. The lowest BCUT2D eigenvalue weighted by atomic mass is 10.1. The van der Waals surface area contributed by atoms with Crippen molar-refractivity contribution in [2.75, 3.05) is 18.4 Å². The third-order valence-electron chi connectivity index (χ3n) is 4.97. The number of amides is 1. The zero-order valence-electron chi connectivity index (χ0n) is 16.9. The first-order valence-corrected chi connectivity index (χ1v) is 11.3. The van der Waals surface area contributed by atoms with Gasteiger partial charge in [-0.05, 0) is 48.9 Å². The van der Waals surface area contributed by atoms with Gasteiger partial charge in [-0.2, -0.15) is 4.31 Å². The largest absolute Gasteiger partial charge is 0.358 e. The summed E-state index contributed by atoms with van der Waals surface area (Å²) in [6, 6.07) is 8.57. The quantitative estimate of drug-likeness (QED) is 0.555. The van der Waals surface area contributed by atoms with Crippen molar-refractivity contribution in [3.05, 3.63) is 58.5 Å². The number of sulfonamides is 1. The van der Waals surface area contributed by atoms with E-state index in [2.05, 4.69) is 10.3 Å². The molecule has 0 fully saturated rings. The highest BCUT2D eigenvalue weighted by atomic mass is 35.5. The van der Waals surface area contributed by atoms with Crippen molar-refractivity contribution in [3.8, 4) is 0 Å². The SMILES string of the molecule is CCN(CC)S(=O)(=O)c1ccc(Cl)c(NC(=O)Cc2c(C)[nH]c3ccc(F)cc23)c1. The van der Waals surface area contributed by atoms with Crippen molar-refractivity contribution in [2.45, 2.75) is 32.1 Å². The molecule has 30 heavy (non-hydrogen) atoms. The highest BCUT2D eigenvalue weighted by Crippen LogP contribution is 2.28. The first-order valence-electron chi connectivity index (χ1n) is 9.53. The minimum Gasteiger partial charge on any atom is -0.358 e. The first kappa shape index (κ1) is 22.3. The Balaban J connectivity index is 1.88. The molecule has 3 rings (SSSR count). The molecule has 0 unspecified atom stereocenters. The Bertz CT molecular complexity index is 1200. The van der Waals surface area contributed by atoms with E-state index in [0.29, 0.717) is 24.0 Å². The molecule has 6 nitrogen and oxygen atoms in total. The molecule has 0 radical (unpaired) electrons. The molecule has 9 heteroatoms. The van der Waals surface area contributed by atoms with Crippen molar-refractivity contribution in [3.63, 3.8) is 0 Å². The van der Waals surface area contributed by atoms with Crippen LogP contribution in [0.5, 0.6) is 0 Å². The van der Waals surface area contributed by atoms with Crippen LogP contribution in [0.2, 0.25) is 5.02 Å². The van der Waals surface area contributed by atoms with Crippen LogP contribution in [-0.2, 0) is 21.2 Å². The molecule has 160 valence electrons. The smallest absolute Gasteiger partial charge is 0.243 e. The van der Waals surface area contributed by atoms with Gasteiger partial charge < -0.3 is 10.3 Å². The molecule has 0 aliphatic rings. The molecule has 2 N–H and O–H groups in total. The standard InChI is InChI=1S/C21H23ClFN3O3S/c1-4-26(5-2)30(28,29)15-7-8-18(22)20(11-15)25-21(27)12-16-13(3)24-19-9-6-14(23)10-17(16)19/h6-11,24H,4-5,12H2,1-3H3,(H,25,27). The maximum Gasteiger partial charge on any atom is 0.243 e. The molecule has 1 aromatic heterocycles. The maximum atomic E-state index is 13.7. The van der Waals surface area contributed by atoms with Crippen LogP contribution in [0.1, 0.15) is 25.1 Å². The van der Waals surface area contributed by atoms with Gasteiger partial charge in [0.25, 0.3) is 0 Å². The Kier molecular flexibility index (Phi) is 6.50. The zero-order chi connectivity index (χ0) is 22.1. The predicted octanol–water partition coefficient (Wildman–Crippen LogP) is 4.48. The van der Waals surface area contributed by atoms with Crippen molar-refractivity contribution >= 4 is 44.1 Å². The van der Waals surface area contributed by atoms with E-state index in [1.807, 2.05) is 6.92 Å². The molecular weight excluding hydrogens is 429 g/mol. The van der Waals surface area contributed by atoms with Gasteiger partial charge in [-0.1, -0.05) is 25.4 Å². The van der Waals surface area contributed by atoms with Gasteiger partial charge in [0.2, 0.25) is 15.9 Å². The highest BCUT2D eigenvalue weighted by Gasteiger charge is 2.23. The fourth-order valence-corrected chi connectivity index (χ4v) is 5.06. The number of hydrogen-bond donors (Lipinski definition) is 2. The number of carbonyl (C=O) groups is 1. The van der Waals surface area contributed by atoms with E-state index in [1.54, 1.807) is 19.9 Å². The summed E-state index contributed by atoms with van der Waals surface area (Å²) in [5.41, 5.74) is 2.38. The highest BCUT2D eigenvalue weighted by molar-refractivity contribution is 7.89. The van der Waals surface area contributed by atoms with Crippen LogP contribution in [0, 0.1) is 12.7 Å². The van der Waals surface area contributed by atoms with Crippen molar-refractivity contribution in [1.82, 2.24) is 9.29 Å². The number of nitrogens with one attached hydrogen (secondary N) is 2. The minimum atomic E-state index is -3.69. The Morgan fingerprint density at radius 1 is 1.17 bits per heavy atom. The molecule has 1 heterocycles. The Morgan fingerprint density at radius 2 is 1.87 bits per heavy atom. The van der Waals surface area contributed by atoms with Gasteiger partial charge in [0, 0.05) is 29.7 Å². The second kappa shape index (κ2) is 8.75. The summed E-state index contributed by atoms with van der Waals surface area (Å²) in [5, 5.41) is 3.54. The average molecular weight is 452 g/mol. The lowest BCUT2D eigenvalue weighted by molar-refractivity contribution is -0.115. The van der Waals surface area contributed by atoms with Crippen molar-refractivity contribution in [2.24, 2.45) is 0 Å². The van der Waals surface area contributed by atoms with E-state index in [-0.39, 0.29) is 33.8 Å². The fraction of sp³-hybridized carbons (Fsp3) is 0.286. The Morgan fingerprint density at radius 3 is 2.53 bits per heavy atom. The van der Waals surface area contributed by atoms with E-state index in [1.165, 1.54) is 34.6 Å². The molecule has 0 saturated carbocycles. The van der Waals surface area contributed by atoms with E-state index in [9.17, 15) is 17.6 Å². The summed E-state index contributed by atoms with van der Waals surface area (Å²) in [4.78, 5) is 15.9. The second-order valence-corrected chi connectivity index (χ2v) is 9.22. The summed E-state index contributed by atoms with van der Waals surface area (Å²) in [7, 11) is -3.69. The Hall–Kier alpha value is -2.42. The van der Waals surface area contributed by atoms with Crippen LogP contribution in [0.3, 0.4) is 0 Å². The number of H-pyrrole nitrogens is 1. The number of benzene rings is 2. The Labute approximate surface area is 180 Å². The molecule has 0 bridgehead atoms. The molecule has 0 saturated heterocycles. The van der Waals surface area contributed by atoms with Crippen LogP contribution in [0.15, 0.2) is 41.3 Å². The minimum absolute atomic E-state index is 0.0152. The average Bonchev–Trinajstić information content (AvgIpc) is 2.99. The normalized spacial score (nSPS) is 11.9. The van der Waals surface area contributed by atoms with Crippen LogP contribution in [0.25, 0.3) is 10.9 Å². The number of anilines is 1. The van der Waals surface area contributed by atoms with Crippen LogP contribution in [-0.4, -0.2) is 36.7 Å². The van der Waals surface area contributed by atoms with Gasteiger partial charge in [-0.15, -0.1) is 0 Å². The summed E-state index contributed by atoms with van der Waals surface area (Å²) >= 11 is 6.19. The van der Waals surface area contributed by atoms with Gasteiger partial charge in [-0.25, -0.2) is 12.8 Å². The molecule has 0 aliphatic carbocycles. The van der Waals surface area contributed by atoms with Crippen molar-refractivity contribution < 1.29 is 17.6 Å². The van der Waals surface area contributed by atoms with Gasteiger partial charge >= 0.3 is 0 Å². The van der Waals surface area contributed by atoms with Crippen LogP contribution < -0.4 is 5.32 Å². The van der Waals surface area contributed by atoms with E-state index >= 15 is 0 Å². The number of nitrogens with zero attached hydrogens (tertiary/aromatic N) is 1. The van der Waals surface area contributed by atoms with E-state index in [4.69, 9.17) is 11.6 Å². The predicted molar refractivity (Wildman–Crippen MR) is 117 cm³/mol. The maximum absolute atomic E-state index is 13.7. The molecule has 0 aliphatic heterocycles. The molecular formula is C21H23ClFN3O3S. The summed E-state index contributed by atoms with van der Waals surface area (Å²) in [6.07, 6.45) is -0.0152. The van der Waals surface area contributed by atoms with Gasteiger partial charge in [0.1, 0.15) is 5.82 Å². The molecule has 0 spiro atoms. The first-order chi connectivity index (χ1) is 14.2. The molecule has 3 aromatic rings. The summed E-state index contributed by atoms with van der Waals surface area (Å²) in [5.74, 6) is -0.775. The third-order valence-corrected chi connectivity index (χ3v) is 7.35. The number of rotatable bonds is 7. The topological polar surface area (TPSA) is 82.3 Å². The second-order valence-electron chi connectivity index (χ2n) is 6.87. The van der Waals surface area contributed by atoms with Crippen molar-refractivity contribution in [1.29, 1.82) is 0 Å². The van der Waals surface area contributed by atoms with Crippen LogP contribution >= 0.6 is 11.6 Å². The van der Waals surface area contributed by atoms with Gasteiger partial charge in [0.15, 0.2) is 0 Å². The van der Waals surface area contributed by atoms with Gasteiger partial charge in [-0.3, -0.25) is 4.79 Å². The number of aromatic amines is 1. The molecule has 2 aromatic carbocycles. The number of fused-ring (bicyclic) bond motifs is 1. The monoisotopic (exact) mass is 451 g/mol. The third kappa shape index (κ3) is 4.35.